The molecule has 1 saturated carbocycles. The molecule has 106 valence electrons. The van der Waals surface area contributed by atoms with Gasteiger partial charge in [-0.3, -0.25) is 4.79 Å². The fraction of sp³-hybridized carbons (Fsp3) is 0.933. The van der Waals surface area contributed by atoms with Crippen LogP contribution in [0.3, 0.4) is 0 Å². The first-order chi connectivity index (χ1) is 8.59. The molecule has 0 radical (unpaired) electrons. The third kappa shape index (κ3) is 5.38. The number of carbonyl (C=O) groups is 1. The fourth-order valence-corrected chi connectivity index (χ4v) is 2.71. The lowest BCUT2D eigenvalue weighted by Gasteiger charge is -2.26. The second-order valence-corrected chi connectivity index (χ2v) is 5.89. The van der Waals surface area contributed by atoms with Crippen LogP contribution >= 0.6 is 0 Å². The SMILES string of the molecule is CCC(N)(CC)CNC(=O)CCCC1CCCC1. The standard InChI is InChI=1S/C15H30N2O/c1-3-15(16,4-2)12-17-14(18)11-7-10-13-8-5-6-9-13/h13H,3-12,16H2,1-2H3,(H,17,18). The van der Waals surface area contributed by atoms with Gasteiger partial charge in [0.2, 0.25) is 5.91 Å². The molecule has 0 spiro atoms. The van der Waals surface area contributed by atoms with Gasteiger partial charge >= 0.3 is 0 Å². The molecule has 0 unspecified atom stereocenters. The van der Waals surface area contributed by atoms with E-state index in [9.17, 15) is 4.79 Å². The molecule has 0 heterocycles. The highest BCUT2D eigenvalue weighted by atomic mass is 16.1. The van der Waals surface area contributed by atoms with E-state index < -0.39 is 0 Å². The van der Waals surface area contributed by atoms with Crippen LogP contribution in [0.1, 0.15) is 71.6 Å². The molecule has 0 aliphatic heterocycles. The van der Waals surface area contributed by atoms with Gasteiger partial charge in [0.15, 0.2) is 0 Å². The third-order valence-electron chi connectivity index (χ3n) is 4.54. The second kappa shape index (κ2) is 7.78. The number of hydrogen-bond donors (Lipinski definition) is 2. The van der Waals surface area contributed by atoms with E-state index in [1.165, 1.54) is 32.1 Å². The number of amides is 1. The maximum atomic E-state index is 11.7. The number of carbonyl (C=O) groups excluding carboxylic acids is 1. The molecule has 1 rings (SSSR count). The summed E-state index contributed by atoms with van der Waals surface area (Å²) < 4.78 is 0. The van der Waals surface area contributed by atoms with Crippen LogP contribution in [-0.2, 0) is 4.79 Å². The number of nitrogens with one attached hydrogen (secondary N) is 1. The molecule has 0 aromatic rings. The summed E-state index contributed by atoms with van der Waals surface area (Å²) in [7, 11) is 0. The Hall–Kier alpha value is -0.570. The molecule has 18 heavy (non-hydrogen) atoms. The molecule has 0 aromatic heterocycles. The van der Waals surface area contributed by atoms with Crippen LogP contribution in [0.2, 0.25) is 0 Å². The number of hydrogen-bond acceptors (Lipinski definition) is 2. The fourth-order valence-electron chi connectivity index (χ4n) is 2.71. The van der Waals surface area contributed by atoms with Gasteiger partial charge in [-0.15, -0.1) is 0 Å². The van der Waals surface area contributed by atoms with Crippen LogP contribution in [-0.4, -0.2) is 18.0 Å². The molecule has 1 aliphatic rings. The van der Waals surface area contributed by atoms with Gasteiger partial charge in [0, 0.05) is 18.5 Å². The largest absolute Gasteiger partial charge is 0.354 e. The van der Waals surface area contributed by atoms with Crippen LogP contribution in [0.15, 0.2) is 0 Å². The van der Waals surface area contributed by atoms with Gasteiger partial charge in [-0.2, -0.15) is 0 Å². The lowest BCUT2D eigenvalue weighted by atomic mass is 9.94. The number of rotatable bonds is 8. The van der Waals surface area contributed by atoms with Gasteiger partial charge < -0.3 is 11.1 Å². The molecule has 1 fully saturated rings. The van der Waals surface area contributed by atoms with Gasteiger partial charge in [0.05, 0.1) is 0 Å². The molecular weight excluding hydrogens is 224 g/mol. The normalized spacial score (nSPS) is 17.1. The molecule has 0 atom stereocenters. The molecular formula is C15H30N2O. The van der Waals surface area contributed by atoms with Crippen LogP contribution in [0.5, 0.6) is 0 Å². The lowest BCUT2D eigenvalue weighted by Crippen LogP contribution is -2.49. The van der Waals surface area contributed by atoms with Gasteiger partial charge in [0.25, 0.3) is 0 Å². The van der Waals surface area contributed by atoms with E-state index in [1.54, 1.807) is 0 Å². The quantitative estimate of drug-likeness (QED) is 0.699. The van der Waals surface area contributed by atoms with Crippen molar-refractivity contribution in [3.8, 4) is 0 Å². The van der Waals surface area contributed by atoms with Crippen molar-refractivity contribution in [2.45, 2.75) is 77.2 Å². The summed E-state index contributed by atoms with van der Waals surface area (Å²) >= 11 is 0. The molecule has 3 N–H and O–H groups in total. The first-order valence-corrected chi connectivity index (χ1v) is 7.65. The Morgan fingerprint density at radius 1 is 1.28 bits per heavy atom. The zero-order valence-corrected chi connectivity index (χ0v) is 12.1. The summed E-state index contributed by atoms with van der Waals surface area (Å²) in [5.74, 6) is 1.06. The first-order valence-electron chi connectivity index (χ1n) is 7.65. The summed E-state index contributed by atoms with van der Waals surface area (Å²) in [6.07, 6.45) is 10.3. The van der Waals surface area contributed by atoms with E-state index in [1.807, 2.05) is 0 Å². The zero-order chi connectivity index (χ0) is 13.4. The van der Waals surface area contributed by atoms with Crippen LogP contribution in [0, 0.1) is 5.92 Å². The number of nitrogens with two attached hydrogens (primary N) is 1. The van der Waals surface area contributed by atoms with Crippen molar-refractivity contribution in [1.82, 2.24) is 5.32 Å². The highest BCUT2D eigenvalue weighted by Crippen LogP contribution is 2.28. The third-order valence-corrected chi connectivity index (χ3v) is 4.54. The minimum atomic E-state index is -0.221. The second-order valence-electron chi connectivity index (χ2n) is 5.89. The van der Waals surface area contributed by atoms with Crippen molar-refractivity contribution in [3.63, 3.8) is 0 Å². The Kier molecular flexibility index (Phi) is 6.69. The maximum absolute atomic E-state index is 11.7. The van der Waals surface area contributed by atoms with E-state index in [4.69, 9.17) is 5.73 Å². The minimum absolute atomic E-state index is 0.171. The summed E-state index contributed by atoms with van der Waals surface area (Å²) in [6, 6.07) is 0. The van der Waals surface area contributed by atoms with Gasteiger partial charge in [-0.05, 0) is 31.6 Å². The van der Waals surface area contributed by atoms with Crippen molar-refractivity contribution in [3.05, 3.63) is 0 Å². The molecule has 3 heteroatoms. The average molecular weight is 254 g/mol. The average Bonchev–Trinajstić information content (AvgIpc) is 2.89. The van der Waals surface area contributed by atoms with Gasteiger partial charge in [0.1, 0.15) is 0 Å². The molecule has 1 amide bonds. The Morgan fingerprint density at radius 3 is 2.44 bits per heavy atom. The zero-order valence-electron chi connectivity index (χ0n) is 12.1. The van der Waals surface area contributed by atoms with Crippen molar-refractivity contribution in [2.24, 2.45) is 11.7 Å². The maximum Gasteiger partial charge on any atom is 0.220 e. The highest BCUT2D eigenvalue weighted by Gasteiger charge is 2.21. The van der Waals surface area contributed by atoms with Crippen molar-refractivity contribution < 1.29 is 4.79 Å². The van der Waals surface area contributed by atoms with Crippen molar-refractivity contribution in [2.75, 3.05) is 6.54 Å². The molecule has 1 aliphatic carbocycles. The van der Waals surface area contributed by atoms with Crippen LogP contribution in [0.4, 0.5) is 0 Å². The van der Waals surface area contributed by atoms with E-state index >= 15 is 0 Å². The lowest BCUT2D eigenvalue weighted by molar-refractivity contribution is -0.121. The highest BCUT2D eigenvalue weighted by molar-refractivity contribution is 5.75. The van der Waals surface area contributed by atoms with Gasteiger partial charge in [-0.25, -0.2) is 0 Å². The summed E-state index contributed by atoms with van der Waals surface area (Å²) in [6.45, 7) is 4.77. The van der Waals surface area contributed by atoms with Crippen LogP contribution in [0.25, 0.3) is 0 Å². The molecule has 3 nitrogen and oxygen atoms in total. The van der Waals surface area contributed by atoms with Gasteiger partial charge in [-0.1, -0.05) is 39.5 Å². The predicted octanol–water partition coefficient (Wildman–Crippen LogP) is 2.98. The van der Waals surface area contributed by atoms with Crippen molar-refractivity contribution >= 4 is 5.91 Å². The Balaban J connectivity index is 2.09. The minimum Gasteiger partial charge on any atom is -0.354 e. The monoisotopic (exact) mass is 254 g/mol. The topological polar surface area (TPSA) is 55.1 Å². The van der Waals surface area contributed by atoms with Crippen molar-refractivity contribution in [1.29, 1.82) is 0 Å². The summed E-state index contributed by atoms with van der Waals surface area (Å²) in [4.78, 5) is 11.7. The molecule has 0 saturated heterocycles. The van der Waals surface area contributed by atoms with E-state index in [0.29, 0.717) is 13.0 Å². The molecule has 0 aromatic carbocycles. The Morgan fingerprint density at radius 2 is 1.89 bits per heavy atom. The van der Waals surface area contributed by atoms with Crippen LogP contribution < -0.4 is 11.1 Å². The summed E-state index contributed by atoms with van der Waals surface area (Å²) in [5.41, 5.74) is 5.94. The molecule has 0 bridgehead atoms. The Bertz CT molecular complexity index is 243. The first kappa shape index (κ1) is 15.5. The van der Waals surface area contributed by atoms with E-state index in [-0.39, 0.29) is 11.4 Å². The summed E-state index contributed by atoms with van der Waals surface area (Å²) in [5, 5.41) is 2.99. The van der Waals surface area contributed by atoms with E-state index in [2.05, 4.69) is 19.2 Å². The Labute approximate surface area is 112 Å². The predicted molar refractivity (Wildman–Crippen MR) is 76.3 cm³/mol. The smallest absolute Gasteiger partial charge is 0.220 e. The van der Waals surface area contributed by atoms with E-state index in [0.717, 1.165) is 25.2 Å².